The van der Waals surface area contributed by atoms with Crippen LogP contribution in [0.2, 0.25) is 0 Å². The second-order valence-corrected chi connectivity index (χ2v) is 7.44. The number of nitrogens with zero attached hydrogens (tertiary/aromatic N) is 5. The summed E-state index contributed by atoms with van der Waals surface area (Å²) in [6.07, 6.45) is 7.52. The molecule has 0 aliphatic carbocycles. The van der Waals surface area contributed by atoms with Gasteiger partial charge < -0.3 is 35.7 Å². The first-order valence-electron chi connectivity index (χ1n) is 11.0. The number of ether oxygens (including phenoxy) is 2. The maximum absolute atomic E-state index is 5.53. The van der Waals surface area contributed by atoms with Crippen LogP contribution < -0.4 is 21.7 Å². The minimum Gasteiger partial charge on any atom is -0.378 e. The number of imidazole rings is 1. The summed E-state index contributed by atoms with van der Waals surface area (Å²) < 4.78 is 12.9. The number of aromatic nitrogens is 5. The van der Waals surface area contributed by atoms with Gasteiger partial charge in [0.1, 0.15) is 0 Å². The van der Waals surface area contributed by atoms with Crippen molar-refractivity contribution in [1.82, 2.24) is 24.5 Å². The predicted octanol–water partition coefficient (Wildman–Crippen LogP) is 1.43. The van der Waals surface area contributed by atoms with Gasteiger partial charge in [-0.25, -0.2) is 4.98 Å². The topological polar surface area (TPSA) is 137 Å². The Hall–Kier alpha value is -2.50. The molecule has 0 unspecified atom stereocenters. The quantitative estimate of drug-likeness (QED) is 0.254. The van der Waals surface area contributed by atoms with Gasteiger partial charge in [0.05, 0.1) is 32.8 Å². The summed E-state index contributed by atoms with van der Waals surface area (Å²) >= 11 is 0. The van der Waals surface area contributed by atoms with Crippen LogP contribution in [0, 0.1) is 5.92 Å². The monoisotopic (exact) mass is 435 g/mol. The molecule has 0 aromatic carbocycles. The fourth-order valence-corrected chi connectivity index (χ4v) is 2.61. The third-order valence-electron chi connectivity index (χ3n) is 4.24. The third kappa shape index (κ3) is 11.5. The molecule has 2 aromatic rings. The van der Waals surface area contributed by atoms with Crippen molar-refractivity contribution in [2.75, 3.05) is 68.6 Å². The lowest BCUT2D eigenvalue weighted by molar-refractivity contribution is 0.0547. The number of hydrogen-bond donors (Lipinski definition) is 4. The lowest BCUT2D eigenvalue weighted by Crippen LogP contribution is -2.18. The highest BCUT2D eigenvalue weighted by Gasteiger charge is 2.07. The van der Waals surface area contributed by atoms with Gasteiger partial charge in [-0.05, 0) is 18.8 Å². The average molecular weight is 436 g/mol. The highest BCUT2D eigenvalue weighted by Crippen LogP contribution is 2.10. The molecule has 31 heavy (non-hydrogen) atoms. The molecule has 0 bridgehead atoms. The van der Waals surface area contributed by atoms with Crippen LogP contribution >= 0.6 is 0 Å². The highest BCUT2D eigenvalue weighted by atomic mass is 16.5. The zero-order valence-corrected chi connectivity index (χ0v) is 18.7. The zero-order chi connectivity index (χ0) is 22.2. The number of nitrogens with two attached hydrogens (primary N) is 1. The molecule has 174 valence electrons. The number of anilines is 3. The second-order valence-electron chi connectivity index (χ2n) is 7.44. The lowest BCUT2D eigenvalue weighted by Gasteiger charge is -2.12. The highest BCUT2D eigenvalue weighted by molar-refractivity contribution is 5.42. The molecule has 0 saturated carbocycles. The molecule has 0 aliphatic rings. The first-order valence-corrected chi connectivity index (χ1v) is 11.0. The molecule has 2 rings (SSSR count). The molecule has 11 heteroatoms. The van der Waals surface area contributed by atoms with E-state index >= 15 is 0 Å². The largest absolute Gasteiger partial charge is 0.378 e. The summed E-state index contributed by atoms with van der Waals surface area (Å²) in [5.74, 6) is 2.23. The van der Waals surface area contributed by atoms with Crippen molar-refractivity contribution in [3.63, 3.8) is 0 Å². The van der Waals surface area contributed by atoms with Crippen LogP contribution in [0.25, 0.3) is 0 Å². The number of nitrogens with one attached hydrogen (secondary N) is 3. The predicted molar refractivity (Wildman–Crippen MR) is 122 cm³/mol. The Kier molecular flexibility index (Phi) is 12.2. The first-order chi connectivity index (χ1) is 15.2. The standard InChI is InChI=1S/C20H37N9O2/c1-17(2)4-7-24-19-26-18(23-6-3-10-29-11-8-22-16-29)27-20(28-19)25-9-13-31-15-14-30-12-5-21/h8,11,16-17H,3-7,9-10,12-15,21H2,1-2H3,(H3,23,24,25,26,27,28). The lowest BCUT2D eigenvalue weighted by atomic mass is 10.1. The van der Waals surface area contributed by atoms with Crippen molar-refractivity contribution in [2.45, 2.75) is 33.2 Å². The minimum atomic E-state index is 0.516. The van der Waals surface area contributed by atoms with Gasteiger partial charge in [0.2, 0.25) is 17.8 Å². The smallest absolute Gasteiger partial charge is 0.229 e. The molecule has 0 atom stereocenters. The molecule has 0 amide bonds. The Labute approximate surface area is 184 Å². The van der Waals surface area contributed by atoms with Gasteiger partial charge in [-0.3, -0.25) is 0 Å². The number of aryl methyl sites for hydroxylation is 1. The summed E-state index contributed by atoms with van der Waals surface area (Å²) in [5, 5.41) is 9.77. The third-order valence-corrected chi connectivity index (χ3v) is 4.24. The van der Waals surface area contributed by atoms with Gasteiger partial charge in [-0.1, -0.05) is 13.8 Å². The van der Waals surface area contributed by atoms with Crippen LogP contribution in [-0.2, 0) is 16.0 Å². The molecule has 5 N–H and O–H groups in total. The molecule has 0 spiro atoms. The van der Waals surface area contributed by atoms with Gasteiger partial charge in [-0.2, -0.15) is 15.0 Å². The van der Waals surface area contributed by atoms with Crippen molar-refractivity contribution >= 4 is 17.8 Å². The summed E-state index contributed by atoms with van der Waals surface area (Å²) in [5.41, 5.74) is 5.38. The van der Waals surface area contributed by atoms with Crippen molar-refractivity contribution in [3.05, 3.63) is 18.7 Å². The molecular weight excluding hydrogens is 398 g/mol. The van der Waals surface area contributed by atoms with Crippen LogP contribution in [0.5, 0.6) is 0 Å². The van der Waals surface area contributed by atoms with Crippen molar-refractivity contribution in [2.24, 2.45) is 11.7 Å². The number of rotatable bonds is 18. The van der Waals surface area contributed by atoms with Crippen LogP contribution in [0.3, 0.4) is 0 Å². The maximum Gasteiger partial charge on any atom is 0.229 e. The van der Waals surface area contributed by atoms with E-state index in [0.29, 0.717) is 63.3 Å². The van der Waals surface area contributed by atoms with Crippen LogP contribution in [0.15, 0.2) is 18.7 Å². The Bertz CT molecular complexity index is 698. The van der Waals surface area contributed by atoms with Crippen molar-refractivity contribution < 1.29 is 9.47 Å². The Morgan fingerprint density at radius 1 is 0.903 bits per heavy atom. The number of hydrogen-bond acceptors (Lipinski definition) is 10. The van der Waals surface area contributed by atoms with E-state index < -0.39 is 0 Å². The second kappa shape index (κ2) is 15.3. The van der Waals surface area contributed by atoms with E-state index in [4.69, 9.17) is 15.2 Å². The van der Waals surface area contributed by atoms with E-state index in [1.165, 1.54) is 0 Å². The minimum absolute atomic E-state index is 0.516. The van der Waals surface area contributed by atoms with E-state index in [2.05, 4.69) is 49.7 Å². The Morgan fingerprint density at radius 3 is 2.16 bits per heavy atom. The van der Waals surface area contributed by atoms with Gasteiger partial charge >= 0.3 is 0 Å². The van der Waals surface area contributed by atoms with Gasteiger partial charge in [0.15, 0.2) is 0 Å². The maximum atomic E-state index is 5.53. The Morgan fingerprint density at radius 2 is 1.55 bits per heavy atom. The normalized spacial score (nSPS) is 11.1. The first kappa shape index (κ1) is 24.8. The molecule has 0 aliphatic heterocycles. The molecule has 2 heterocycles. The van der Waals surface area contributed by atoms with E-state index in [1.54, 1.807) is 6.20 Å². The summed E-state index contributed by atoms with van der Waals surface area (Å²) in [4.78, 5) is 17.5. The molecule has 0 radical (unpaired) electrons. The van der Waals surface area contributed by atoms with Gasteiger partial charge in [0.25, 0.3) is 0 Å². The van der Waals surface area contributed by atoms with Crippen molar-refractivity contribution in [3.8, 4) is 0 Å². The summed E-state index contributed by atoms with van der Waals surface area (Å²) in [6.45, 7) is 10.1. The fraction of sp³-hybridized carbons (Fsp3) is 0.700. The zero-order valence-electron chi connectivity index (χ0n) is 18.7. The molecular formula is C20H37N9O2. The van der Waals surface area contributed by atoms with Gasteiger partial charge in [0, 0.05) is 45.1 Å². The Balaban J connectivity index is 1.79. The van der Waals surface area contributed by atoms with E-state index in [-0.39, 0.29) is 0 Å². The van der Waals surface area contributed by atoms with Crippen LogP contribution in [0.1, 0.15) is 26.7 Å². The van der Waals surface area contributed by atoms with Gasteiger partial charge in [-0.15, -0.1) is 0 Å². The summed E-state index contributed by atoms with van der Waals surface area (Å²) in [7, 11) is 0. The van der Waals surface area contributed by atoms with Crippen molar-refractivity contribution in [1.29, 1.82) is 0 Å². The molecule has 0 saturated heterocycles. The average Bonchev–Trinajstić information content (AvgIpc) is 3.26. The molecule has 0 fully saturated rings. The van der Waals surface area contributed by atoms with Crippen LogP contribution in [-0.4, -0.2) is 77.1 Å². The molecule has 2 aromatic heterocycles. The summed E-state index contributed by atoms with van der Waals surface area (Å²) in [6, 6.07) is 0. The van der Waals surface area contributed by atoms with E-state index in [9.17, 15) is 0 Å². The van der Waals surface area contributed by atoms with Crippen LogP contribution in [0.4, 0.5) is 17.8 Å². The SMILES string of the molecule is CC(C)CCNc1nc(NCCCn2ccnc2)nc(NCCOCCOCCN)n1. The fourth-order valence-electron chi connectivity index (χ4n) is 2.61. The molecule has 11 nitrogen and oxygen atoms in total. The van der Waals surface area contributed by atoms with E-state index in [1.807, 2.05) is 17.1 Å². The van der Waals surface area contributed by atoms with E-state index in [0.717, 1.165) is 32.5 Å².